The van der Waals surface area contributed by atoms with Crippen LogP contribution < -0.4 is 15.8 Å². The minimum absolute atomic E-state index is 0.214. The van der Waals surface area contributed by atoms with Gasteiger partial charge in [0.25, 0.3) is 5.91 Å². The van der Waals surface area contributed by atoms with Gasteiger partial charge in [0, 0.05) is 11.3 Å². The first-order chi connectivity index (χ1) is 11.2. The molecule has 0 heterocycles. The van der Waals surface area contributed by atoms with Gasteiger partial charge in [0.15, 0.2) is 0 Å². The zero-order valence-electron chi connectivity index (χ0n) is 12.4. The second-order valence-electron chi connectivity index (χ2n) is 4.99. The average Bonchev–Trinajstić information content (AvgIpc) is 2.58. The van der Waals surface area contributed by atoms with Crippen molar-refractivity contribution in [1.82, 2.24) is 0 Å². The highest BCUT2D eigenvalue weighted by Gasteiger charge is 2.09. The Morgan fingerprint density at radius 1 is 0.870 bits per heavy atom. The van der Waals surface area contributed by atoms with Gasteiger partial charge in [-0.2, -0.15) is 0 Å². The third-order valence-electron chi connectivity index (χ3n) is 3.27. The van der Waals surface area contributed by atoms with Gasteiger partial charge in [-0.15, -0.1) is 0 Å². The first-order valence-corrected chi connectivity index (χ1v) is 7.21. The van der Waals surface area contributed by atoms with E-state index in [9.17, 15) is 4.79 Å². The highest BCUT2D eigenvalue weighted by Crippen LogP contribution is 2.28. The molecule has 3 rings (SSSR count). The van der Waals surface area contributed by atoms with Crippen molar-refractivity contribution >= 4 is 17.3 Å². The number of ether oxygens (including phenoxy) is 1. The van der Waals surface area contributed by atoms with E-state index in [4.69, 9.17) is 10.5 Å². The monoisotopic (exact) mass is 304 g/mol. The van der Waals surface area contributed by atoms with E-state index < -0.39 is 0 Å². The van der Waals surface area contributed by atoms with Crippen molar-refractivity contribution in [2.45, 2.75) is 0 Å². The fourth-order valence-electron chi connectivity index (χ4n) is 2.12. The van der Waals surface area contributed by atoms with Crippen LogP contribution in [-0.2, 0) is 0 Å². The second kappa shape index (κ2) is 6.66. The third kappa shape index (κ3) is 3.68. The summed E-state index contributed by atoms with van der Waals surface area (Å²) in [6, 6.07) is 23.6. The van der Waals surface area contributed by atoms with Gasteiger partial charge in [0.2, 0.25) is 0 Å². The molecule has 0 aliphatic carbocycles. The lowest BCUT2D eigenvalue weighted by Crippen LogP contribution is -2.12. The Labute approximate surface area is 134 Å². The largest absolute Gasteiger partial charge is 0.455 e. The predicted molar refractivity (Wildman–Crippen MR) is 91.8 cm³/mol. The summed E-state index contributed by atoms with van der Waals surface area (Å²) in [7, 11) is 0. The Bertz CT molecular complexity index is 802. The molecule has 23 heavy (non-hydrogen) atoms. The molecule has 1 amide bonds. The summed E-state index contributed by atoms with van der Waals surface area (Å²) < 4.78 is 5.71. The van der Waals surface area contributed by atoms with Crippen LogP contribution in [0.1, 0.15) is 10.4 Å². The topological polar surface area (TPSA) is 64.4 Å². The van der Waals surface area contributed by atoms with Gasteiger partial charge in [-0.1, -0.05) is 36.4 Å². The van der Waals surface area contributed by atoms with Crippen LogP contribution in [0.2, 0.25) is 0 Å². The van der Waals surface area contributed by atoms with E-state index in [1.54, 1.807) is 18.2 Å². The Morgan fingerprint density at radius 2 is 1.52 bits per heavy atom. The number of nitrogens with two attached hydrogens (primary N) is 1. The molecule has 0 aliphatic rings. The van der Waals surface area contributed by atoms with Gasteiger partial charge in [-0.3, -0.25) is 4.79 Å². The lowest BCUT2D eigenvalue weighted by atomic mass is 10.1. The molecule has 4 nitrogen and oxygen atoms in total. The van der Waals surface area contributed by atoms with Crippen LogP contribution in [0, 0.1) is 0 Å². The number of hydrogen-bond acceptors (Lipinski definition) is 3. The van der Waals surface area contributed by atoms with E-state index in [-0.39, 0.29) is 5.91 Å². The Kier molecular flexibility index (Phi) is 4.25. The van der Waals surface area contributed by atoms with Gasteiger partial charge in [-0.25, -0.2) is 0 Å². The van der Waals surface area contributed by atoms with Gasteiger partial charge in [0.1, 0.15) is 11.5 Å². The Morgan fingerprint density at radius 3 is 2.17 bits per heavy atom. The molecular weight excluding hydrogens is 288 g/mol. The van der Waals surface area contributed by atoms with Crippen LogP contribution in [0.15, 0.2) is 78.9 Å². The zero-order valence-corrected chi connectivity index (χ0v) is 12.4. The van der Waals surface area contributed by atoms with Crippen molar-refractivity contribution in [2.24, 2.45) is 0 Å². The molecule has 114 valence electrons. The van der Waals surface area contributed by atoms with Crippen LogP contribution in [0.25, 0.3) is 0 Å². The van der Waals surface area contributed by atoms with Crippen molar-refractivity contribution in [3.8, 4) is 11.5 Å². The van der Waals surface area contributed by atoms with E-state index in [1.165, 1.54) is 0 Å². The van der Waals surface area contributed by atoms with E-state index in [2.05, 4.69) is 5.32 Å². The number of anilines is 2. The van der Waals surface area contributed by atoms with Gasteiger partial charge >= 0.3 is 0 Å². The summed E-state index contributed by atoms with van der Waals surface area (Å²) in [6.45, 7) is 0. The maximum absolute atomic E-state index is 12.2. The molecule has 0 spiro atoms. The van der Waals surface area contributed by atoms with Gasteiger partial charge < -0.3 is 15.8 Å². The Hall–Kier alpha value is -3.27. The Balaban J connectivity index is 1.75. The number of hydrogen-bond donors (Lipinski definition) is 2. The molecule has 0 bridgehead atoms. The summed E-state index contributed by atoms with van der Waals surface area (Å²) in [5, 5.41) is 2.82. The quantitative estimate of drug-likeness (QED) is 0.706. The molecule has 0 saturated heterocycles. The van der Waals surface area contributed by atoms with Crippen molar-refractivity contribution in [2.75, 3.05) is 11.1 Å². The van der Waals surface area contributed by atoms with Crippen molar-refractivity contribution in [3.63, 3.8) is 0 Å². The van der Waals surface area contributed by atoms with Crippen LogP contribution in [0.5, 0.6) is 11.5 Å². The average molecular weight is 304 g/mol. The lowest BCUT2D eigenvalue weighted by Gasteiger charge is -2.10. The predicted octanol–water partition coefficient (Wildman–Crippen LogP) is 4.31. The third-order valence-corrected chi connectivity index (χ3v) is 3.27. The highest BCUT2D eigenvalue weighted by molar-refractivity contribution is 6.05. The number of carbonyl (C=O) groups is 1. The fourth-order valence-corrected chi connectivity index (χ4v) is 2.12. The first kappa shape index (κ1) is 14.7. The fraction of sp³-hybridized carbons (Fsp3) is 0. The molecule has 0 saturated carbocycles. The zero-order chi connectivity index (χ0) is 16.1. The maximum Gasteiger partial charge on any atom is 0.255 e. The van der Waals surface area contributed by atoms with Gasteiger partial charge in [0.05, 0.1) is 5.69 Å². The van der Waals surface area contributed by atoms with Crippen molar-refractivity contribution in [1.29, 1.82) is 0 Å². The summed E-state index contributed by atoms with van der Waals surface area (Å²) in [5.74, 6) is 1.00. The van der Waals surface area contributed by atoms with E-state index in [1.807, 2.05) is 60.7 Å². The maximum atomic E-state index is 12.2. The lowest BCUT2D eigenvalue weighted by molar-refractivity contribution is 0.102. The SMILES string of the molecule is Nc1cc(C(=O)Nc2ccccc2)ccc1Oc1ccccc1. The van der Waals surface area contributed by atoms with E-state index in [0.717, 1.165) is 5.69 Å². The van der Waals surface area contributed by atoms with E-state index in [0.29, 0.717) is 22.7 Å². The number of para-hydroxylation sites is 2. The van der Waals surface area contributed by atoms with Gasteiger partial charge in [-0.05, 0) is 42.5 Å². The molecule has 0 radical (unpaired) electrons. The molecule has 0 fully saturated rings. The normalized spacial score (nSPS) is 10.1. The van der Waals surface area contributed by atoms with Crippen molar-refractivity contribution < 1.29 is 9.53 Å². The van der Waals surface area contributed by atoms with Crippen LogP contribution >= 0.6 is 0 Å². The molecule has 4 heteroatoms. The molecule has 3 aromatic carbocycles. The number of nitrogen functional groups attached to an aromatic ring is 1. The standard InChI is InChI=1S/C19H16N2O2/c20-17-13-14(19(22)21-15-7-3-1-4-8-15)11-12-18(17)23-16-9-5-2-6-10-16/h1-13H,20H2,(H,21,22). The molecule has 3 N–H and O–H groups in total. The highest BCUT2D eigenvalue weighted by atomic mass is 16.5. The number of rotatable bonds is 4. The molecule has 0 aromatic heterocycles. The minimum atomic E-state index is -0.214. The molecule has 3 aromatic rings. The number of carbonyl (C=O) groups excluding carboxylic acids is 1. The summed E-state index contributed by atoms with van der Waals surface area (Å²) in [5.41, 5.74) is 7.62. The number of nitrogens with one attached hydrogen (secondary N) is 1. The summed E-state index contributed by atoms with van der Waals surface area (Å²) in [6.07, 6.45) is 0. The first-order valence-electron chi connectivity index (χ1n) is 7.21. The number of amides is 1. The molecular formula is C19H16N2O2. The smallest absolute Gasteiger partial charge is 0.255 e. The minimum Gasteiger partial charge on any atom is -0.455 e. The van der Waals surface area contributed by atoms with Crippen LogP contribution in [0.4, 0.5) is 11.4 Å². The molecule has 0 aliphatic heterocycles. The van der Waals surface area contributed by atoms with Crippen LogP contribution in [0.3, 0.4) is 0 Å². The summed E-state index contributed by atoms with van der Waals surface area (Å²) in [4.78, 5) is 12.2. The van der Waals surface area contributed by atoms with E-state index >= 15 is 0 Å². The summed E-state index contributed by atoms with van der Waals surface area (Å²) >= 11 is 0. The molecule has 0 atom stereocenters. The second-order valence-corrected chi connectivity index (χ2v) is 4.99. The molecule has 0 unspecified atom stereocenters. The van der Waals surface area contributed by atoms with Crippen LogP contribution in [-0.4, -0.2) is 5.91 Å². The number of benzene rings is 3. The van der Waals surface area contributed by atoms with Crippen molar-refractivity contribution in [3.05, 3.63) is 84.4 Å².